The number of aromatic nitrogens is 1. The predicted octanol–water partition coefficient (Wildman–Crippen LogP) is 4.97. The first-order chi connectivity index (χ1) is 19.1. The topological polar surface area (TPSA) is 65.8 Å². The van der Waals surface area contributed by atoms with Crippen molar-refractivity contribution < 1.29 is 23.1 Å². The van der Waals surface area contributed by atoms with Gasteiger partial charge < -0.3 is 10.0 Å². The fraction of sp³-hybridized carbons (Fsp3) is 0.226. The van der Waals surface area contributed by atoms with Crippen molar-refractivity contribution in [3.05, 3.63) is 134 Å². The summed E-state index contributed by atoms with van der Waals surface area (Å²) >= 11 is 0. The Bertz CT molecular complexity index is 1740. The minimum absolute atomic E-state index is 0.0154. The zero-order chi connectivity index (χ0) is 28.3. The van der Waals surface area contributed by atoms with Gasteiger partial charge in [0.25, 0.3) is 5.91 Å². The van der Waals surface area contributed by atoms with E-state index in [0.29, 0.717) is 23.1 Å². The van der Waals surface area contributed by atoms with Gasteiger partial charge in [-0.05, 0) is 71.3 Å². The number of aromatic hydroxyl groups is 1. The largest absolute Gasteiger partial charge is 0.502 e. The molecule has 6 nitrogen and oxygen atoms in total. The third-order valence-corrected chi connectivity index (χ3v) is 8.13. The predicted molar refractivity (Wildman–Crippen MR) is 143 cm³/mol. The van der Waals surface area contributed by atoms with Gasteiger partial charge in [0.1, 0.15) is 18.0 Å². The maximum Gasteiger partial charge on any atom is 0.278 e. The summed E-state index contributed by atoms with van der Waals surface area (Å²) in [5.74, 6) is -4.02. The highest BCUT2D eigenvalue weighted by atomic mass is 19.2. The lowest BCUT2D eigenvalue weighted by molar-refractivity contribution is 0.0628. The quantitative estimate of drug-likeness (QED) is 0.394. The van der Waals surface area contributed by atoms with Gasteiger partial charge in [-0.25, -0.2) is 13.2 Å². The molecule has 0 bridgehead atoms. The van der Waals surface area contributed by atoms with Crippen molar-refractivity contribution in [2.45, 2.75) is 32.4 Å². The summed E-state index contributed by atoms with van der Waals surface area (Å²) in [5, 5.41) is 12.7. The Kier molecular flexibility index (Phi) is 5.98. The number of rotatable bonds is 4. The molecule has 0 radical (unpaired) electrons. The van der Waals surface area contributed by atoms with E-state index in [4.69, 9.17) is 0 Å². The van der Waals surface area contributed by atoms with Crippen LogP contribution in [0.4, 0.5) is 13.2 Å². The summed E-state index contributed by atoms with van der Waals surface area (Å²) in [4.78, 5) is 27.7. The van der Waals surface area contributed by atoms with E-state index in [-0.39, 0.29) is 24.8 Å². The number of hydrogen-bond donors (Lipinski definition) is 1. The van der Waals surface area contributed by atoms with Crippen LogP contribution in [0, 0.1) is 30.3 Å². The summed E-state index contributed by atoms with van der Waals surface area (Å²) in [5.41, 5.74) is 1.22. The third-order valence-electron chi connectivity index (χ3n) is 8.13. The summed E-state index contributed by atoms with van der Waals surface area (Å²) < 4.78 is 44.9. The normalized spacial score (nSPS) is 20.0. The van der Waals surface area contributed by atoms with Crippen LogP contribution in [-0.2, 0) is 18.5 Å². The van der Waals surface area contributed by atoms with Crippen LogP contribution in [0.5, 0.6) is 5.75 Å². The molecule has 6 rings (SSSR count). The van der Waals surface area contributed by atoms with Crippen LogP contribution in [-0.4, -0.2) is 27.3 Å². The number of fused-ring (bicyclic) bond motifs is 2. The summed E-state index contributed by atoms with van der Waals surface area (Å²) in [7, 11) is 0. The molecular formula is C31H26F3N3O3. The molecule has 1 N–H and O–H groups in total. The standard InChI is InChI=1S/C31H26F3N3O3/c1-18-6-3-4-9-23(18)31(19(2)12-21-14-25(33)26(34)15-24(21)31)37-17-35(16-20-7-5-8-22(32)13-20)30(40)28-29(39)27(38)10-11-36(28)37/h3-11,13-15,19,39H,12,16-17H2,1-2H3. The Balaban J connectivity index is 1.65. The lowest BCUT2D eigenvalue weighted by atomic mass is 9.75. The molecule has 0 saturated heterocycles. The van der Waals surface area contributed by atoms with E-state index in [1.54, 1.807) is 6.07 Å². The maximum absolute atomic E-state index is 14.9. The van der Waals surface area contributed by atoms with Crippen LogP contribution in [0.25, 0.3) is 0 Å². The molecule has 1 amide bonds. The van der Waals surface area contributed by atoms with Crippen molar-refractivity contribution in [1.82, 2.24) is 9.58 Å². The zero-order valence-electron chi connectivity index (χ0n) is 21.9. The second-order valence-corrected chi connectivity index (χ2v) is 10.5. The van der Waals surface area contributed by atoms with Crippen molar-refractivity contribution in [1.29, 1.82) is 0 Å². The van der Waals surface area contributed by atoms with Crippen molar-refractivity contribution in [3.63, 3.8) is 0 Å². The van der Waals surface area contributed by atoms with Gasteiger partial charge in [-0.1, -0.05) is 43.3 Å². The number of carbonyl (C=O) groups excluding carboxylic acids is 1. The molecule has 0 fully saturated rings. The number of amides is 1. The Morgan fingerprint density at radius 1 is 0.950 bits per heavy atom. The third kappa shape index (κ3) is 3.71. The molecule has 9 heteroatoms. The van der Waals surface area contributed by atoms with E-state index in [2.05, 4.69) is 0 Å². The van der Waals surface area contributed by atoms with Crippen molar-refractivity contribution in [2.24, 2.45) is 5.92 Å². The van der Waals surface area contributed by atoms with Crippen LogP contribution in [0.2, 0.25) is 0 Å². The van der Waals surface area contributed by atoms with Gasteiger partial charge in [-0.15, -0.1) is 0 Å². The van der Waals surface area contributed by atoms with Crippen LogP contribution in [0.15, 0.2) is 77.7 Å². The number of carbonyl (C=O) groups is 1. The molecule has 0 spiro atoms. The number of hydrogen-bond acceptors (Lipinski definition) is 4. The monoisotopic (exact) mass is 545 g/mol. The van der Waals surface area contributed by atoms with E-state index in [0.717, 1.165) is 11.1 Å². The lowest BCUT2D eigenvalue weighted by Gasteiger charge is -2.52. The number of aryl methyl sites for hydroxylation is 1. The van der Waals surface area contributed by atoms with Crippen molar-refractivity contribution >= 4 is 5.91 Å². The highest BCUT2D eigenvalue weighted by Crippen LogP contribution is 2.52. The van der Waals surface area contributed by atoms with Crippen LogP contribution >= 0.6 is 0 Å². The molecule has 4 aromatic rings. The molecule has 1 aromatic heterocycles. The van der Waals surface area contributed by atoms with Gasteiger partial charge in [0, 0.05) is 18.8 Å². The first-order valence-electron chi connectivity index (χ1n) is 12.9. The fourth-order valence-corrected chi connectivity index (χ4v) is 6.42. The van der Waals surface area contributed by atoms with Gasteiger partial charge in [0.15, 0.2) is 23.1 Å². The Labute approximate surface area is 228 Å². The van der Waals surface area contributed by atoms with Crippen LogP contribution < -0.4 is 10.4 Å². The molecule has 2 atom stereocenters. The SMILES string of the molecule is Cc1ccccc1C1(N2CN(Cc3cccc(F)c3)C(=O)c3c(O)c(=O)ccn32)c2cc(F)c(F)cc2CC1C. The van der Waals surface area contributed by atoms with Gasteiger partial charge in [-0.3, -0.25) is 19.3 Å². The highest BCUT2D eigenvalue weighted by molar-refractivity contribution is 5.96. The number of benzene rings is 3. The van der Waals surface area contributed by atoms with E-state index in [9.17, 15) is 27.9 Å². The van der Waals surface area contributed by atoms with Gasteiger partial charge in [0.2, 0.25) is 5.43 Å². The number of halogens is 3. The average molecular weight is 546 g/mol. The van der Waals surface area contributed by atoms with E-state index in [1.165, 1.54) is 52.2 Å². The van der Waals surface area contributed by atoms with Gasteiger partial charge >= 0.3 is 0 Å². The van der Waals surface area contributed by atoms with E-state index in [1.807, 2.05) is 43.1 Å². The van der Waals surface area contributed by atoms with Crippen LogP contribution in [0.1, 0.15) is 45.2 Å². The summed E-state index contributed by atoms with van der Waals surface area (Å²) in [6.07, 6.45) is 1.83. The molecule has 0 saturated carbocycles. The molecule has 2 heterocycles. The molecule has 1 aliphatic heterocycles. The molecule has 2 aliphatic rings. The first kappa shape index (κ1) is 25.7. The molecular weight excluding hydrogens is 519 g/mol. The minimum Gasteiger partial charge on any atom is -0.502 e. The Morgan fingerprint density at radius 3 is 2.45 bits per heavy atom. The highest BCUT2D eigenvalue weighted by Gasteiger charge is 2.54. The molecule has 1 aliphatic carbocycles. The zero-order valence-corrected chi connectivity index (χ0v) is 21.9. The number of pyridine rings is 1. The summed E-state index contributed by atoms with van der Waals surface area (Å²) in [6, 6.07) is 17.0. The average Bonchev–Trinajstić information content (AvgIpc) is 3.19. The van der Waals surface area contributed by atoms with Crippen LogP contribution in [0.3, 0.4) is 0 Å². The molecule has 3 aromatic carbocycles. The Hall–Kier alpha value is -4.53. The summed E-state index contributed by atoms with van der Waals surface area (Å²) in [6.45, 7) is 3.82. The fourth-order valence-electron chi connectivity index (χ4n) is 6.42. The molecule has 204 valence electrons. The van der Waals surface area contributed by atoms with Gasteiger partial charge in [0.05, 0.1) is 0 Å². The van der Waals surface area contributed by atoms with Crippen molar-refractivity contribution in [3.8, 4) is 5.75 Å². The van der Waals surface area contributed by atoms with E-state index < -0.39 is 40.1 Å². The van der Waals surface area contributed by atoms with Crippen molar-refractivity contribution in [2.75, 3.05) is 11.7 Å². The smallest absolute Gasteiger partial charge is 0.278 e. The Morgan fingerprint density at radius 2 is 1.70 bits per heavy atom. The maximum atomic E-state index is 14.9. The minimum atomic E-state index is -1.13. The lowest BCUT2D eigenvalue weighted by Crippen LogP contribution is -2.63. The van der Waals surface area contributed by atoms with Gasteiger partial charge in [-0.2, -0.15) is 0 Å². The molecule has 2 unspecified atom stereocenters. The number of nitrogens with zero attached hydrogens (tertiary/aromatic N) is 3. The van der Waals surface area contributed by atoms with E-state index >= 15 is 0 Å². The molecule has 40 heavy (non-hydrogen) atoms. The second kappa shape index (κ2) is 9.29. The second-order valence-electron chi connectivity index (χ2n) is 10.5. The first-order valence-corrected chi connectivity index (χ1v) is 12.9.